The van der Waals surface area contributed by atoms with Crippen LogP contribution in [0.2, 0.25) is 0 Å². The molecule has 1 rings (SSSR count). The summed E-state index contributed by atoms with van der Waals surface area (Å²) in [4.78, 5) is 13.7. The highest BCUT2D eigenvalue weighted by atomic mass is 79.9. The zero-order valence-corrected chi connectivity index (χ0v) is 12.8. The Morgan fingerprint density at radius 2 is 2.16 bits per heavy atom. The van der Waals surface area contributed by atoms with Crippen LogP contribution in [0.25, 0.3) is 0 Å². The lowest BCUT2D eigenvalue weighted by atomic mass is 10.1. The Morgan fingerprint density at radius 1 is 1.53 bits per heavy atom. The number of nitrogens with one attached hydrogen (secondary N) is 1. The first-order chi connectivity index (χ1) is 8.73. The van der Waals surface area contributed by atoms with Crippen molar-refractivity contribution in [3.63, 3.8) is 0 Å². The van der Waals surface area contributed by atoms with Gasteiger partial charge in [-0.05, 0) is 49.1 Å². The van der Waals surface area contributed by atoms with E-state index in [1.165, 1.54) is 18.2 Å². The fourth-order valence-corrected chi connectivity index (χ4v) is 2.23. The number of rotatable bonds is 5. The Bertz CT molecular complexity index is 464. The van der Waals surface area contributed by atoms with Gasteiger partial charge in [0.05, 0.1) is 15.6 Å². The smallest absolute Gasteiger partial charge is 0.252 e. The molecule has 0 aliphatic carbocycles. The molecule has 0 aromatic heterocycles. The minimum atomic E-state index is -1.04. The lowest BCUT2D eigenvalue weighted by molar-refractivity contribution is 0.0326. The molecule has 2 N–H and O–H groups in total. The van der Waals surface area contributed by atoms with Gasteiger partial charge in [0.2, 0.25) is 0 Å². The molecule has 0 spiro atoms. The summed E-state index contributed by atoms with van der Waals surface area (Å²) in [5, 5.41) is 12.7. The average molecular weight is 333 g/mol. The van der Waals surface area contributed by atoms with E-state index in [1.807, 2.05) is 19.0 Å². The van der Waals surface area contributed by atoms with Crippen molar-refractivity contribution in [1.29, 1.82) is 0 Å². The third-order valence-electron chi connectivity index (χ3n) is 2.48. The predicted octanol–water partition coefficient (Wildman–Crippen LogP) is 1.63. The summed E-state index contributed by atoms with van der Waals surface area (Å²) >= 11 is 3.03. The zero-order valence-electron chi connectivity index (χ0n) is 11.2. The van der Waals surface area contributed by atoms with E-state index in [0.29, 0.717) is 6.54 Å². The van der Waals surface area contributed by atoms with Gasteiger partial charge in [0.25, 0.3) is 5.91 Å². The molecular formula is C13H18BrFN2O2. The van der Waals surface area contributed by atoms with Gasteiger partial charge in [-0.1, -0.05) is 6.07 Å². The third-order valence-corrected chi connectivity index (χ3v) is 3.29. The maximum absolute atomic E-state index is 13.3. The van der Waals surface area contributed by atoms with E-state index in [2.05, 4.69) is 21.2 Å². The number of likely N-dealkylation sites (N-methyl/N-ethyl adjacent to an activating group) is 1. The Labute approximate surface area is 120 Å². The number of hydrogen-bond acceptors (Lipinski definition) is 3. The summed E-state index contributed by atoms with van der Waals surface area (Å²) in [6, 6.07) is 4.25. The van der Waals surface area contributed by atoms with E-state index in [1.54, 1.807) is 6.92 Å². The van der Waals surface area contributed by atoms with Crippen molar-refractivity contribution in [3.8, 4) is 0 Å². The number of aliphatic hydroxyl groups is 1. The summed E-state index contributed by atoms with van der Waals surface area (Å²) in [5.74, 6) is -0.918. The fourth-order valence-electron chi connectivity index (χ4n) is 1.78. The van der Waals surface area contributed by atoms with Crippen LogP contribution >= 0.6 is 15.9 Å². The van der Waals surface area contributed by atoms with Crippen LogP contribution in [0.3, 0.4) is 0 Å². The zero-order chi connectivity index (χ0) is 14.6. The molecule has 106 valence electrons. The Balaban J connectivity index is 2.68. The average Bonchev–Trinajstić information content (AvgIpc) is 2.28. The molecular weight excluding hydrogens is 315 g/mol. The number of amides is 1. The first-order valence-corrected chi connectivity index (χ1v) is 6.61. The fraction of sp³-hybridized carbons (Fsp3) is 0.462. The topological polar surface area (TPSA) is 52.6 Å². The van der Waals surface area contributed by atoms with E-state index in [0.717, 1.165) is 0 Å². The molecule has 0 saturated heterocycles. The minimum Gasteiger partial charge on any atom is -0.387 e. The number of benzene rings is 1. The van der Waals surface area contributed by atoms with Crippen molar-refractivity contribution in [2.24, 2.45) is 0 Å². The molecule has 0 bridgehead atoms. The van der Waals surface area contributed by atoms with Crippen molar-refractivity contribution < 1.29 is 14.3 Å². The Hall–Kier alpha value is -0.980. The highest BCUT2D eigenvalue weighted by Crippen LogP contribution is 2.20. The maximum Gasteiger partial charge on any atom is 0.252 e. The number of nitrogens with zero attached hydrogens (tertiary/aromatic N) is 1. The quantitative estimate of drug-likeness (QED) is 0.861. The number of hydrogen-bond donors (Lipinski definition) is 2. The Morgan fingerprint density at radius 3 is 2.74 bits per heavy atom. The number of carbonyl (C=O) groups is 1. The van der Waals surface area contributed by atoms with Crippen molar-refractivity contribution in [2.75, 3.05) is 27.2 Å². The normalized spacial score (nSPS) is 14.3. The second-order valence-electron chi connectivity index (χ2n) is 5.02. The van der Waals surface area contributed by atoms with Crippen LogP contribution in [-0.4, -0.2) is 48.7 Å². The van der Waals surface area contributed by atoms with Gasteiger partial charge in [0, 0.05) is 13.1 Å². The van der Waals surface area contributed by atoms with Crippen molar-refractivity contribution in [3.05, 3.63) is 34.1 Å². The molecule has 4 nitrogen and oxygen atoms in total. The summed E-state index contributed by atoms with van der Waals surface area (Å²) in [6.45, 7) is 2.14. The van der Waals surface area contributed by atoms with Crippen molar-refractivity contribution >= 4 is 21.8 Å². The van der Waals surface area contributed by atoms with Crippen molar-refractivity contribution in [1.82, 2.24) is 10.2 Å². The minimum absolute atomic E-state index is 0.0902. The Kier molecular flexibility index (Phi) is 5.46. The summed E-state index contributed by atoms with van der Waals surface area (Å²) in [7, 11) is 3.67. The van der Waals surface area contributed by atoms with E-state index < -0.39 is 17.3 Å². The van der Waals surface area contributed by atoms with Gasteiger partial charge < -0.3 is 15.3 Å². The SMILES string of the molecule is CN(C)CC(C)(O)CNC(=O)c1cccc(F)c1Br. The second kappa shape index (κ2) is 6.45. The van der Waals surface area contributed by atoms with Gasteiger partial charge >= 0.3 is 0 Å². The third kappa shape index (κ3) is 4.89. The molecule has 0 radical (unpaired) electrons. The first kappa shape index (κ1) is 16.1. The van der Waals surface area contributed by atoms with Gasteiger partial charge in [-0.3, -0.25) is 4.79 Å². The van der Waals surface area contributed by atoms with Crippen LogP contribution in [0.1, 0.15) is 17.3 Å². The van der Waals surface area contributed by atoms with Crippen LogP contribution in [0.15, 0.2) is 22.7 Å². The molecule has 0 aliphatic heterocycles. The van der Waals surface area contributed by atoms with Gasteiger partial charge in [0.1, 0.15) is 5.82 Å². The summed E-state index contributed by atoms with van der Waals surface area (Å²) in [5.41, 5.74) is -0.834. The first-order valence-electron chi connectivity index (χ1n) is 5.82. The van der Waals surface area contributed by atoms with E-state index in [4.69, 9.17) is 0 Å². The largest absolute Gasteiger partial charge is 0.387 e. The van der Waals surface area contributed by atoms with Gasteiger partial charge in [-0.15, -0.1) is 0 Å². The number of carbonyl (C=O) groups excluding carboxylic acids is 1. The van der Waals surface area contributed by atoms with E-state index in [-0.39, 0.29) is 16.6 Å². The van der Waals surface area contributed by atoms with E-state index >= 15 is 0 Å². The molecule has 1 unspecified atom stereocenters. The van der Waals surface area contributed by atoms with Crippen molar-refractivity contribution in [2.45, 2.75) is 12.5 Å². The lowest BCUT2D eigenvalue weighted by Crippen LogP contribution is -2.47. The maximum atomic E-state index is 13.3. The standard InChI is InChI=1S/C13H18BrFN2O2/c1-13(19,8-17(2)3)7-16-12(18)9-5-4-6-10(15)11(9)14/h4-6,19H,7-8H2,1-3H3,(H,16,18). The van der Waals surface area contributed by atoms with Crippen LogP contribution in [-0.2, 0) is 0 Å². The molecule has 0 aliphatic rings. The molecule has 0 heterocycles. The highest BCUT2D eigenvalue weighted by molar-refractivity contribution is 9.10. The second-order valence-corrected chi connectivity index (χ2v) is 5.81. The highest BCUT2D eigenvalue weighted by Gasteiger charge is 2.23. The molecule has 1 atom stereocenters. The lowest BCUT2D eigenvalue weighted by Gasteiger charge is -2.27. The molecule has 1 aromatic carbocycles. The molecule has 1 amide bonds. The molecule has 6 heteroatoms. The molecule has 0 fully saturated rings. The molecule has 0 saturated carbocycles. The molecule has 1 aromatic rings. The predicted molar refractivity (Wildman–Crippen MR) is 75.6 cm³/mol. The van der Waals surface area contributed by atoms with Crippen LogP contribution in [0, 0.1) is 5.82 Å². The van der Waals surface area contributed by atoms with Gasteiger partial charge in [-0.25, -0.2) is 4.39 Å². The van der Waals surface area contributed by atoms with Gasteiger partial charge in [-0.2, -0.15) is 0 Å². The number of halogens is 2. The van der Waals surface area contributed by atoms with Gasteiger partial charge in [0.15, 0.2) is 0 Å². The summed E-state index contributed by atoms with van der Waals surface area (Å²) in [6.07, 6.45) is 0. The van der Waals surface area contributed by atoms with Crippen LogP contribution in [0.4, 0.5) is 4.39 Å². The monoisotopic (exact) mass is 332 g/mol. The van der Waals surface area contributed by atoms with E-state index in [9.17, 15) is 14.3 Å². The van der Waals surface area contributed by atoms with Crippen LogP contribution < -0.4 is 5.32 Å². The summed E-state index contributed by atoms with van der Waals surface area (Å²) < 4.78 is 13.4. The molecule has 19 heavy (non-hydrogen) atoms. The van der Waals surface area contributed by atoms with Crippen LogP contribution in [0.5, 0.6) is 0 Å².